The number of carbonyl (C=O) groups excluding carboxylic acids is 1. The van der Waals surface area contributed by atoms with E-state index in [1.807, 2.05) is 28.5 Å². The van der Waals surface area contributed by atoms with Crippen molar-refractivity contribution in [2.45, 2.75) is 25.6 Å². The second-order valence-electron chi connectivity index (χ2n) is 5.43. The van der Waals surface area contributed by atoms with Gasteiger partial charge in [-0.15, -0.1) is 0 Å². The highest BCUT2D eigenvalue weighted by Crippen LogP contribution is 2.17. The number of amides is 1. The van der Waals surface area contributed by atoms with Gasteiger partial charge in [0.05, 0.1) is 17.7 Å². The first-order valence-electron chi connectivity index (χ1n) is 7.28. The molecule has 2 heterocycles. The van der Waals surface area contributed by atoms with E-state index < -0.39 is 0 Å². The highest BCUT2D eigenvalue weighted by Gasteiger charge is 2.30. The lowest BCUT2D eigenvalue weighted by molar-refractivity contribution is -0.129. The average molecular weight is 311 g/mol. The SMILES string of the molecule is N#Cc1cccc(CN2CC[C@H](NCc3ccsc3)C2=O)c1. The van der Waals surface area contributed by atoms with Crippen LogP contribution in [0, 0.1) is 11.3 Å². The molecule has 1 fully saturated rings. The van der Waals surface area contributed by atoms with Gasteiger partial charge < -0.3 is 10.2 Å². The summed E-state index contributed by atoms with van der Waals surface area (Å²) < 4.78 is 0. The molecule has 0 saturated carbocycles. The number of carbonyl (C=O) groups is 1. The minimum Gasteiger partial charge on any atom is -0.337 e. The van der Waals surface area contributed by atoms with Crippen LogP contribution in [0.3, 0.4) is 0 Å². The van der Waals surface area contributed by atoms with Crippen LogP contribution < -0.4 is 5.32 Å². The summed E-state index contributed by atoms with van der Waals surface area (Å²) in [6, 6.07) is 11.6. The molecule has 1 atom stereocenters. The standard InChI is InChI=1S/C17H17N3OS/c18-9-13-2-1-3-14(8-13)11-20-6-4-16(17(20)21)19-10-15-5-7-22-12-15/h1-3,5,7-8,12,16,19H,4,6,10-11H2/t16-/m0/s1. The number of hydrogen-bond acceptors (Lipinski definition) is 4. The Labute approximate surface area is 134 Å². The molecule has 1 aliphatic rings. The Morgan fingerprint density at radius 3 is 3.05 bits per heavy atom. The van der Waals surface area contributed by atoms with Crippen molar-refractivity contribution in [2.75, 3.05) is 6.54 Å². The van der Waals surface area contributed by atoms with Crippen LogP contribution in [0.25, 0.3) is 0 Å². The Kier molecular flexibility index (Phi) is 4.52. The molecule has 1 N–H and O–H groups in total. The summed E-state index contributed by atoms with van der Waals surface area (Å²) in [4.78, 5) is 14.3. The number of nitriles is 1. The third-order valence-corrected chi connectivity index (χ3v) is 4.59. The third kappa shape index (κ3) is 3.35. The van der Waals surface area contributed by atoms with Crippen LogP contribution >= 0.6 is 11.3 Å². The average Bonchev–Trinajstić information content (AvgIpc) is 3.17. The van der Waals surface area contributed by atoms with Gasteiger partial charge in [-0.25, -0.2) is 0 Å². The number of likely N-dealkylation sites (tertiary alicyclic amines) is 1. The maximum atomic E-state index is 12.4. The topological polar surface area (TPSA) is 56.1 Å². The van der Waals surface area contributed by atoms with Gasteiger partial charge in [-0.05, 0) is 46.5 Å². The second kappa shape index (κ2) is 6.73. The van der Waals surface area contributed by atoms with Crippen LogP contribution in [0.5, 0.6) is 0 Å². The molecule has 1 saturated heterocycles. The van der Waals surface area contributed by atoms with E-state index >= 15 is 0 Å². The molecule has 0 aliphatic carbocycles. The van der Waals surface area contributed by atoms with Crippen LogP contribution in [0.2, 0.25) is 0 Å². The van der Waals surface area contributed by atoms with Crippen LogP contribution in [-0.4, -0.2) is 23.4 Å². The smallest absolute Gasteiger partial charge is 0.240 e. The Morgan fingerprint density at radius 1 is 1.36 bits per heavy atom. The van der Waals surface area contributed by atoms with Gasteiger partial charge in [0.25, 0.3) is 0 Å². The summed E-state index contributed by atoms with van der Waals surface area (Å²) in [6.07, 6.45) is 0.834. The third-order valence-electron chi connectivity index (χ3n) is 3.86. The number of hydrogen-bond donors (Lipinski definition) is 1. The molecule has 1 aromatic heterocycles. The monoisotopic (exact) mass is 311 g/mol. The highest BCUT2D eigenvalue weighted by molar-refractivity contribution is 7.07. The summed E-state index contributed by atoms with van der Waals surface area (Å²) in [5.74, 6) is 0.151. The first kappa shape index (κ1) is 14.8. The normalized spacial score (nSPS) is 17.7. The Bertz CT molecular complexity index is 690. The lowest BCUT2D eigenvalue weighted by atomic mass is 10.1. The first-order valence-corrected chi connectivity index (χ1v) is 8.23. The summed E-state index contributed by atoms with van der Waals surface area (Å²) in [5.41, 5.74) is 2.86. The van der Waals surface area contributed by atoms with E-state index in [0.29, 0.717) is 12.1 Å². The van der Waals surface area contributed by atoms with Crippen molar-refractivity contribution in [1.82, 2.24) is 10.2 Å². The second-order valence-corrected chi connectivity index (χ2v) is 6.21. The molecule has 0 bridgehead atoms. The fraction of sp³-hybridized carbons (Fsp3) is 0.294. The van der Waals surface area contributed by atoms with Crippen molar-refractivity contribution in [1.29, 1.82) is 5.26 Å². The largest absolute Gasteiger partial charge is 0.337 e. The van der Waals surface area contributed by atoms with E-state index in [2.05, 4.69) is 22.8 Å². The molecule has 1 aliphatic heterocycles. The predicted molar refractivity (Wildman–Crippen MR) is 86.1 cm³/mol. The molecular weight excluding hydrogens is 294 g/mol. The molecule has 0 radical (unpaired) electrons. The number of rotatable bonds is 5. The molecule has 22 heavy (non-hydrogen) atoms. The van der Waals surface area contributed by atoms with Crippen molar-refractivity contribution in [3.05, 3.63) is 57.8 Å². The van der Waals surface area contributed by atoms with Gasteiger partial charge in [0.15, 0.2) is 0 Å². The van der Waals surface area contributed by atoms with Crippen LogP contribution in [0.1, 0.15) is 23.1 Å². The van der Waals surface area contributed by atoms with Crippen LogP contribution in [0.15, 0.2) is 41.1 Å². The summed E-state index contributed by atoms with van der Waals surface area (Å²) in [5, 5.41) is 16.4. The van der Waals surface area contributed by atoms with E-state index in [-0.39, 0.29) is 11.9 Å². The molecule has 2 aromatic rings. The number of nitrogens with zero attached hydrogens (tertiary/aromatic N) is 2. The molecule has 0 spiro atoms. The molecule has 4 nitrogen and oxygen atoms in total. The maximum Gasteiger partial charge on any atom is 0.240 e. The highest BCUT2D eigenvalue weighted by atomic mass is 32.1. The van der Waals surface area contributed by atoms with Gasteiger partial charge in [0.1, 0.15) is 0 Å². The van der Waals surface area contributed by atoms with E-state index in [9.17, 15) is 4.79 Å². The lowest BCUT2D eigenvalue weighted by Crippen LogP contribution is -2.37. The number of nitrogens with one attached hydrogen (secondary N) is 1. The summed E-state index contributed by atoms with van der Waals surface area (Å²) >= 11 is 1.67. The summed E-state index contributed by atoms with van der Waals surface area (Å²) in [6.45, 7) is 2.07. The van der Waals surface area contributed by atoms with Gasteiger partial charge in [-0.2, -0.15) is 16.6 Å². The van der Waals surface area contributed by atoms with Crippen molar-refractivity contribution in [3.8, 4) is 6.07 Å². The fourth-order valence-corrected chi connectivity index (χ4v) is 3.35. The van der Waals surface area contributed by atoms with Gasteiger partial charge in [-0.3, -0.25) is 4.79 Å². The van der Waals surface area contributed by atoms with Gasteiger partial charge in [0, 0.05) is 19.6 Å². The van der Waals surface area contributed by atoms with Crippen LogP contribution in [-0.2, 0) is 17.9 Å². The van der Waals surface area contributed by atoms with Gasteiger partial charge >= 0.3 is 0 Å². The minimum atomic E-state index is -0.0981. The lowest BCUT2D eigenvalue weighted by Gasteiger charge is -2.17. The fourth-order valence-electron chi connectivity index (χ4n) is 2.68. The molecule has 3 rings (SSSR count). The zero-order valence-electron chi connectivity index (χ0n) is 12.2. The minimum absolute atomic E-state index is 0.0981. The Morgan fingerprint density at radius 2 is 2.27 bits per heavy atom. The zero-order valence-corrected chi connectivity index (χ0v) is 13.0. The number of benzene rings is 1. The Hall–Kier alpha value is -2.16. The number of thiophene rings is 1. The van der Waals surface area contributed by atoms with E-state index in [1.54, 1.807) is 17.4 Å². The van der Waals surface area contributed by atoms with E-state index in [0.717, 1.165) is 25.1 Å². The van der Waals surface area contributed by atoms with Crippen molar-refractivity contribution >= 4 is 17.2 Å². The maximum absolute atomic E-state index is 12.4. The van der Waals surface area contributed by atoms with Gasteiger partial charge in [0.2, 0.25) is 5.91 Å². The zero-order chi connectivity index (χ0) is 15.4. The molecule has 0 unspecified atom stereocenters. The molecule has 112 valence electrons. The predicted octanol–water partition coefficient (Wildman–Crippen LogP) is 2.51. The van der Waals surface area contributed by atoms with Crippen molar-refractivity contribution in [3.63, 3.8) is 0 Å². The summed E-state index contributed by atoms with van der Waals surface area (Å²) in [7, 11) is 0. The van der Waals surface area contributed by atoms with Gasteiger partial charge in [-0.1, -0.05) is 12.1 Å². The quantitative estimate of drug-likeness (QED) is 0.923. The molecule has 1 aromatic carbocycles. The first-order chi connectivity index (χ1) is 10.8. The molecule has 5 heteroatoms. The molecular formula is C17H17N3OS. The van der Waals surface area contributed by atoms with Crippen LogP contribution in [0.4, 0.5) is 0 Å². The van der Waals surface area contributed by atoms with Crippen molar-refractivity contribution in [2.24, 2.45) is 0 Å². The van der Waals surface area contributed by atoms with E-state index in [1.165, 1.54) is 5.56 Å². The molecule has 1 amide bonds. The van der Waals surface area contributed by atoms with E-state index in [4.69, 9.17) is 5.26 Å². The Balaban J connectivity index is 1.57. The van der Waals surface area contributed by atoms with Crippen molar-refractivity contribution < 1.29 is 4.79 Å².